The summed E-state index contributed by atoms with van der Waals surface area (Å²) in [5.41, 5.74) is 2.03. The maximum Gasteiger partial charge on any atom is 0.336 e. The van der Waals surface area contributed by atoms with Crippen LogP contribution in [0.15, 0.2) is 42.0 Å². The third-order valence-electron chi connectivity index (χ3n) is 5.63. The minimum absolute atomic E-state index is 0.0412. The molecule has 0 amide bonds. The van der Waals surface area contributed by atoms with Crippen LogP contribution in [0.25, 0.3) is 0 Å². The van der Waals surface area contributed by atoms with Crippen molar-refractivity contribution in [2.45, 2.75) is 44.2 Å². The summed E-state index contributed by atoms with van der Waals surface area (Å²) >= 11 is 0. The molecule has 1 heterocycles. The zero-order valence-electron chi connectivity index (χ0n) is 13.0. The first-order valence-corrected chi connectivity index (χ1v) is 8.42. The molecule has 1 unspecified atom stereocenters. The highest BCUT2D eigenvalue weighted by molar-refractivity contribution is 5.95. The van der Waals surface area contributed by atoms with Gasteiger partial charge in [0, 0.05) is 6.54 Å². The van der Waals surface area contributed by atoms with E-state index >= 15 is 0 Å². The van der Waals surface area contributed by atoms with Gasteiger partial charge in [-0.2, -0.15) is 0 Å². The lowest BCUT2D eigenvalue weighted by molar-refractivity contribution is -0.139. The van der Waals surface area contributed by atoms with E-state index in [4.69, 9.17) is 4.74 Å². The second kappa shape index (κ2) is 5.24. The summed E-state index contributed by atoms with van der Waals surface area (Å²) in [6.07, 6.45) is 6.50. The Morgan fingerprint density at radius 1 is 1.27 bits per heavy atom. The minimum Gasteiger partial charge on any atom is -0.457 e. The molecule has 3 heteroatoms. The first-order valence-electron chi connectivity index (χ1n) is 8.42. The van der Waals surface area contributed by atoms with Gasteiger partial charge in [-0.05, 0) is 43.1 Å². The monoisotopic (exact) mass is 297 g/mol. The molecule has 1 saturated carbocycles. The Labute approximate surface area is 131 Å². The number of ether oxygens (including phenoxy) is 1. The predicted molar refractivity (Wildman–Crippen MR) is 85.3 cm³/mol. The van der Waals surface area contributed by atoms with Crippen molar-refractivity contribution in [3.05, 3.63) is 47.5 Å². The molecule has 0 spiro atoms. The normalized spacial score (nSPS) is 36.0. The smallest absolute Gasteiger partial charge is 0.336 e. The van der Waals surface area contributed by atoms with Crippen LogP contribution in [0.4, 0.5) is 0 Å². The molecule has 4 rings (SSSR count). The molecule has 3 nitrogen and oxygen atoms in total. The molecule has 1 saturated heterocycles. The second-order valence-corrected chi connectivity index (χ2v) is 6.99. The standard InChI is InChI=1S/C19H23NO2/c1-13-11-15-7-8-17-19(15,16(12-13)18(21)22-17)20-10-9-14-5-3-2-4-6-14/h2-6,12-13,15,17,20H,7-11H2,1H3/t13-,15?,17+,19-/m0/s1. The van der Waals surface area contributed by atoms with Crippen molar-refractivity contribution in [1.82, 2.24) is 5.32 Å². The number of allylic oxidation sites excluding steroid dienone is 1. The maximum absolute atomic E-state index is 12.3. The number of benzene rings is 1. The van der Waals surface area contributed by atoms with Gasteiger partial charge in [0.25, 0.3) is 0 Å². The Balaban J connectivity index is 1.56. The molecule has 2 aliphatic carbocycles. The fourth-order valence-corrected chi connectivity index (χ4v) is 4.70. The van der Waals surface area contributed by atoms with E-state index in [0.29, 0.717) is 11.8 Å². The van der Waals surface area contributed by atoms with E-state index in [-0.39, 0.29) is 17.6 Å². The van der Waals surface area contributed by atoms with Gasteiger partial charge < -0.3 is 10.1 Å². The first kappa shape index (κ1) is 14.0. The molecule has 4 atom stereocenters. The number of rotatable bonds is 4. The summed E-state index contributed by atoms with van der Waals surface area (Å²) in [7, 11) is 0. The lowest BCUT2D eigenvalue weighted by Gasteiger charge is -2.39. The van der Waals surface area contributed by atoms with Gasteiger partial charge in [0.2, 0.25) is 0 Å². The molecule has 2 fully saturated rings. The predicted octanol–water partition coefficient (Wildman–Crippen LogP) is 2.86. The van der Waals surface area contributed by atoms with Crippen LogP contribution in [0.5, 0.6) is 0 Å². The number of hydrogen-bond acceptors (Lipinski definition) is 3. The van der Waals surface area contributed by atoms with Crippen LogP contribution in [-0.2, 0) is 16.0 Å². The van der Waals surface area contributed by atoms with Crippen molar-refractivity contribution in [3.8, 4) is 0 Å². The van der Waals surface area contributed by atoms with Crippen LogP contribution < -0.4 is 5.32 Å². The van der Waals surface area contributed by atoms with Crippen LogP contribution >= 0.6 is 0 Å². The van der Waals surface area contributed by atoms with Gasteiger partial charge in [0.15, 0.2) is 0 Å². The van der Waals surface area contributed by atoms with Gasteiger partial charge in [-0.3, -0.25) is 0 Å². The average molecular weight is 297 g/mol. The van der Waals surface area contributed by atoms with E-state index in [1.54, 1.807) is 0 Å². The minimum atomic E-state index is -0.210. The topological polar surface area (TPSA) is 38.3 Å². The number of carbonyl (C=O) groups is 1. The van der Waals surface area contributed by atoms with Crippen LogP contribution in [0.1, 0.15) is 31.7 Å². The van der Waals surface area contributed by atoms with Crippen LogP contribution in [0.2, 0.25) is 0 Å². The molecule has 0 radical (unpaired) electrons. The zero-order valence-corrected chi connectivity index (χ0v) is 13.0. The third-order valence-corrected chi connectivity index (χ3v) is 5.63. The largest absolute Gasteiger partial charge is 0.457 e. The Morgan fingerprint density at radius 3 is 2.91 bits per heavy atom. The summed E-state index contributed by atoms with van der Waals surface area (Å²) in [6, 6.07) is 10.5. The van der Waals surface area contributed by atoms with Gasteiger partial charge in [0.1, 0.15) is 6.10 Å². The van der Waals surface area contributed by atoms with E-state index in [1.165, 1.54) is 5.56 Å². The van der Waals surface area contributed by atoms with E-state index in [0.717, 1.165) is 37.8 Å². The molecule has 3 aliphatic rings. The highest BCUT2D eigenvalue weighted by Crippen LogP contribution is 2.53. The third kappa shape index (κ3) is 2.03. The Kier molecular flexibility index (Phi) is 3.33. The van der Waals surface area contributed by atoms with Gasteiger partial charge in [-0.1, -0.05) is 43.3 Å². The summed E-state index contributed by atoms with van der Waals surface area (Å²) in [6.45, 7) is 3.10. The van der Waals surface area contributed by atoms with Crippen LogP contribution in [0, 0.1) is 11.8 Å². The molecule has 0 aromatic heterocycles. The Bertz CT molecular complexity index is 609. The van der Waals surface area contributed by atoms with Crippen molar-refractivity contribution in [1.29, 1.82) is 0 Å². The maximum atomic E-state index is 12.3. The molecule has 116 valence electrons. The summed E-state index contributed by atoms with van der Waals surface area (Å²) < 4.78 is 5.68. The highest BCUT2D eigenvalue weighted by Gasteiger charge is 2.62. The van der Waals surface area contributed by atoms with Gasteiger partial charge in [-0.15, -0.1) is 0 Å². The molecule has 22 heavy (non-hydrogen) atoms. The molecule has 0 bridgehead atoms. The highest BCUT2D eigenvalue weighted by atomic mass is 16.6. The Morgan fingerprint density at radius 2 is 2.09 bits per heavy atom. The molecule has 1 aromatic carbocycles. The number of carbonyl (C=O) groups excluding carboxylic acids is 1. The van der Waals surface area contributed by atoms with Crippen molar-refractivity contribution >= 4 is 5.97 Å². The number of nitrogens with one attached hydrogen (secondary N) is 1. The van der Waals surface area contributed by atoms with Crippen molar-refractivity contribution < 1.29 is 9.53 Å². The van der Waals surface area contributed by atoms with Crippen molar-refractivity contribution in [2.75, 3.05) is 6.54 Å². The van der Waals surface area contributed by atoms with E-state index in [1.807, 2.05) is 6.07 Å². The molecule has 1 N–H and O–H groups in total. The fraction of sp³-hybridized carbons (Fsp3) is 0.526. The molecular formula is C19H23NO2. The fourth-order valence-electron chi connectivity index (χ4n) is 4.70. The first-order chi connectivity index (χ1) is 10.7. The van der Waals surface area contributed by atoms with E-state index in [2.05, 4.69) is 42.6 Å². The van der Waals surface area contributed by atoms with Gasteiger partial charge in [-0.25, -0.2) is 4.79 Å². The van der Waals surface area contributed by atoms with Crippen LogP contribution in [0.3, 0.4) is 0 Å². The van der Waals surface area contributed by atoms with Crippen LogP contribution in [-0.4, -0.2) is 24.2 Å². The summed E-state index contributed by atoms with van der Waals surface area (Å²) in [5, 5.41) is 3.74. The van der Waals surface area contributed by atoms with Gasteiger partial charge in [0.05, 0.1) is 11.1 Å². The lowest BCUT2D eigenvalue weighted by atomic mass is 9.71. The zero-order chi connectivity index (χ0) is 15.2. The quantitative estimate of drug-likeness (QED) is 0.869. The molecular weight excluding hydrogens is 274 g/mol. The molecule has 1 aliphatic heterocycles. The Hall–Kier alpha value is -1.61. The van der Waals surface area contributed by atoms with Crippen molar-refractivity contribution in [3.63, 3.8) is 0 Å². The van der Waals surface area contributed by atoms with Crippen molar-refractivity contribution in [2.24, 2.45) is 11.8 Å². The summed E-state index contributed by atoms with van der Waals surface area (Å²) in [5.74, 6) is 0.927. The molecule has 1 aromatic rings. The second-order valence-electron chi connectivity index (χ2n) is 6.99. The lowest BCUT2D eigenvalue weighted by Crippen LogP contribution is -2.56. The SMILES string of the molecule is C[C@@H]1C=C2C(=O)O[C@@H]3CCC(C1)[C@]23NCCc1ccccc1. The number of hydrogen-bond donors (Lipinski definition) is 1. The average Bonchev–Trinajstić information content (AvgIpc) is 2.99. The van der Waals surface area contributed by atoms with E-state index in [9.17, 15) is 4.79 Å². The van der Waals surface area contributed by atoms with Gasteiger partial charge >= 0.3 is 5.97 Å². The number of esters is 1. The van der Waals surface area contributed by atoms with E-state index < -0.39 is 0 Å². The summed E-state index contributed by atoms with van der Waals surface area (Å²) in [4.78, 5) is 12.3.